The molecule has 0 atom stereocenters. The average Bonchev–Trinajstić information content (AvgIpc) is 2.72. The lowest BCUT2D eigenvalue weighted by molar-refractivity contribution is -0.114. The highest BCUT2D eigenvalue weighted by atomic mass is 35.5. The van der Waals surface area contributed by atoms with Crippen LogP contribution < -0.4 is 10.6 Å². The predicted octanol–water partition coefficient (Wildman–Crippen LogP) is 6.09. The second-order valence-electron chi connectivity index (χ2n) is 9.24. The molecule has 32 heavy (non-hydrogen) atoms. The average molecular weight is 454 g/mol. The number of rotatable bonds is 5. The van der Waals surface area contributed by atoms with Crippen molar-refractivity contribution in [1.82, 2.24) is 10.3 Å². The van der Waals surface area contributed by atoms with Crippen LogP contribution in [0.5, 0.6) is 0 Å². The second kappa shape index (κ2) is 10.0. The van der Waals surface area contributed by atoms with Crippen molar-refractivity contribution in [2.75, 3.05) is 11.9 Å². The number of hydrogen-bond donors (Lipinski definition) is 2. The molecule has 0 spiro atoms. The first-order chi connectivity index (χ1) is 14.8. The summed E-state index contributed by atoms with van der Waals surface area (Å²) in [6.45, 7) is 4.07. The van der Waals surface area contributed by atoms with Crippen molar-refractivity contribution < 1.29 is 9.59 Å². The van der Waals surface area contributed by atoms with Crippen LogP contribution in [-0.2, 0) is 4.79 Å². The Morgan fingerprint density at radius 2 is 1.88 bits per heavy atom. The molecular weight excluding hydrogens is 422 g/mol. The number of anilines is 1. The van der Waals surface area contributed by atoms with E-state index in [9.17, 15) is 9.59 Å². The number of carbonyl (C=O) groups is 2. The van der Waals surface area contributed by atoms with E-state index < -0.39 is 0 Å². The first kappa shape index (κ1) is 24.2. The molecule has 0 unspecified atom stereocenters. The number of aromatic nitrogens is 1. The van der Waals surface area contributed by atoms with Gasteiger partial charge in [-0.3, -0.25) is 9.59 Å². The minimum atomic E-state index is -0.160. The lowest BCUT2D eigenvalue weighted by Gasteiger charge is -2.45. The molecule has 170 valence electrons. The van der Waals surface area contributed by atoms with E-state index in [0.29, 0.717) is 16.4 Å². The van der Waals surface area contributed by atoms with E-state index in [2.05, 4.69) is 15.6 Å². The summed E-state index contributed by atoms with van der Waals surface area (Å²) in [6.07, 6.45) is 8.91. The molecule has 6 heteroatoms. The molecule has 0 saturated heterocycles. The molecule has 0 aliphatic heterocycles. The summed E-state index contributed by atoms with van der Waals surface area (Å²) in [7, 11) is 0. The van der Waals surface area contributed by atoms with E-state index in [0.717, 1.165) is 29.3 Å². The van der Waals surface area contributed by atoms with Gasteiger partial charge in [0.05, 0.1) is 10.6 Å². The maximum absolute atomic E-state index is 13.1. The molecule has 2 fully saturated rings. The summed E-state index contributed by atoms with van der Waals surface area (Å²) in [5.41, 5.74) is 3.31. The fourth-order valence-corrected chi connectivity index (χ4v) is 5.62. The topological polar surface area (TPSA) is 71.1 Å². The Bertz CT molecular complexity index is 995. The van der Waals surface area contributed by atoms with E-state index in [1.165, 1.54) is 51.9 Å². The number of aryl methyl sites for hydroxylation is 1. The molecule has 2 aromatic rings. The molecule has 1 aromatic carbocycles. The number of benzene rings is 1. The van der Waals surface area contributed by atoms with Crippen molar-refractivity contribution in [3.05, 3.63) is 54.0 Å². The third-order valence-corrected chi connectivity index (χ3v) is 7.23. The van der Waals surface area contributed by atoms with Gasteiger partial charge in [0.25, 0.3) is 5.91 Å². The minimum Gasteiger partial charge on any atom is -0.351 e. The second-order valence-corrected chi connectivity index (χ2v) is 9.65. The van der Waals surface area contributed by atoms with Gasteiger partial charge in [-0.25, -0.2) is 4.98 Å². The van der Waals surface area contributed by atoms with E-state index in [4.69, 9.17) is 11.6 Å². The molecule has 2 aliphatic carbocycles. The third kappa shape index (κ3) is 5.32. The standard InChI is InChI=1S/C25H30ClN3O2.CH2/c1-16-20(8-10-23(28-16)29-17(2)30)19-7-9-22(26)21(13-19)24(31)27-15-25-11-3-5-18(14-25)6-4-12-25;/h7-10,13,18H,3-6,11-12,14-15H2,1-2H3,(H,27,31)(H,28,29,30);1H2. The van der Waals surface area contributed by atoms with Gasteiger partial charge in [0, 0.05) is 24.7 Å². The molecule has 2 aliphatic rings. The number of nitrogens with one attached hydrogen (secondary N) is 2. The maximum atomic E-state index is 13.1. The smallest absolute Gasteiger partial charge is 0.252 e. The van der Waals surface area contributed by atoms with Crippen molar-refractivity contribution in [3.63, 3.8) is 0 Å². The van der Waals surface area contributed by atoms with Gasteiger partial charge in [0.2, 0.25) is 5.91 Å². The Morgan fingerprint density at radius 3 is 2.53 bits per heavy atom. The van der Waals surface area contributed by atoms with E-state index in [1.807, 2.05) is 25.1 Å². The van der Waals surface area contributed by atoms with Gasteiger partial charge in [0.1, 0.15) is 5.82 Å². The van der Waals surface area contributed by atoms with Gasteiger partial charge in [-0.05, 0) is 67.3 Å². The van der Waals surface area contributed by atoms with E-state index in [-0.39, 0.29) is 24.7 Å². The Labute approximate surface area is 196 Å². The first-order valence-corrected chi connectivity index (χ1v) is 11.6. The van der Waals surface area contributed by atoms with Crippen LogP contribution in [0.15, 0.2) is 30.3 Å². The molecular formula is C26H32ClN3O2. The van der Waals surface area contributed by atoms with Crippen molar-refractivity contribution >= 4 is 29.2 Å². The van der Waals surface area contributed by atoms with Gasteiger partial charge in [0.15, 0.2) is 0 Å². The number of halogens is 1. The maximum Gasteiger partial charge on any atom is 0.252 e. The SMILES string of the molecule is CC(=O)Nc1ccc(-c2ccc(Cl)c(C(=O)NCC34CCCC(CCC3)C4)c2)c(C)n1.[CH2]. The zero-order chi connectivity index (χ0) is 22.0. The van der Waals surface area contributed by atoms with Gasteiger partial charge in [-0.1, -0.05) is 50.8 Å². The number of fused-ring (bicyclic) bond motifs is 2. The summed E-state index contributed by atoms with van der Waals surface area (Å²) < 4.78 is 0. The highest BCUT2D eigenvalue weighted by Gasteiger charge is 2.39. The zero-order valence-corrected chi connectivity index (χ0v) is 19.7. The van der Waals surface area contributed by atoms with Crippen LogP contribution in [0.25, 0.3) is 11.1 Å². The number of hydrogen-bond acceptors (Lipinski definition) is 3. The summed E-state index contributed by atoms with van der Waals surface area (Å²) in [5.74, 6) is 1.07. The van der Waals surface area contributed by atoms with Crippen LogP contribution >= 0.6 is 11.6 Å². The zero-order valence-electron chi connectivity index (χ0n) is 19.0. The minimum absolute atomic E-state index is 0. The fraction of sp³-hybridized carbons (Fsp3) is 0.462. The molecule has 2 bridgehead atoms. The summed E-state index contributed by atoms with van der Waals surface area (Å²) in [6, 6.07) is 9.17. The van der Waals surface area contributed by atoms with Crippen LogP contribution in [0, 0.1) is 25.7 Å². The van der Waals surface area contributed by atoms with Crippen LogP contribution in [-0.4, -0.2) is 23.3 Å². The molecule has 1 aromatic heterocycles. The molecule has 2 saturated carbocycles. The molecule has 2 N–H and O–H groups in total. The normalized spacial score (nSPS) is 21.9. The van der Waals surface area contributed by atoms with Gasteiger partial charge in [-0.15, -0.1) is 0 Å². The number of carbonyl (C=O) groups excluding carboxylic acids is 2. The molecule has 5 nitrogen and oxygen atoms in total. The number of amides is 2. The fourth-order valence-electron chi connectivity index (χ4n) is 5.42. The van der Waals surface area contributed by atoms with E-state index in [1.54, 1.807) is 12.1 Å². The Hall–Kier alpha value is -2.40. The molecule has 2 radical (unpaired) electrons. The first-order valence-electron chi connectivity index (χ1n) is 11.2. The van der Waals surface area contributed by atoms with Crippen LogP contribution in [0.1, 0.15) is 67.9 Å². The van der Waals surface area contributed by atoms with Crippen LogP contribution in [0.3, 0.4) is 0 Å². The van der Waals surface area contributed by atoms with Crippen molar-refractivity contribution in [3.8, 4) is 11.1 Å². The third-order valence-electron chi connectivity index (χ3n) is 6.90. The highest BCUT2D eigenvalue weighted by Crippen LogP contribution is 2.48. The highest BCUT2D eigenvalue weighted by molar-refractivity contribution is 6.34. The van der Waals surface area contributed by atoms with Crippen LogP contribution in [0.2, 0.25) is 5.02 Å². The number of pyridine rings is 1. The quantitative estimate of drug-likeness (QED) is 0.575. The van der Waals surface area contributed by atoms with Crippen molar-refractivity contribution in [1.29, 1.82) is 0 Å². The molecule has 1 heterocycles. The van der Waals surface area contributed by atoms with Crippen molar-refractivity contribution in [2.24, 2.45) is 11.3 Å². The Balaban J connectivity index is 0.00000289. The lowest BCUT2D eigenvalue weighted by atomic mass is 9.62. The van der Waals surface area contributed by atoms with E-state index >= 15 is 0 Å². The predicted molar refractivity (Wildman–Crippen MR) is 130 cm³/mol. The lowest BCUT2D eigenvalue weighted by Crippen LogP contribution is -2.43. The van der Waals surface area contributed by atoms with Gasteiger partial charge < -0.3 is 10.6 Å². The molecule has 2 amide bonds. The summed E-state index contributed by atoms with van der Waals surface area (Å²) >= 11 is 6.40. The number of nitrogens with zero attached hydrogens (tertiary/aromatic N) is 1. The van der Waals surface area contributed by atoms with Crippen LogP contribution in [0.4, 0.5) is 5.82 Å². The summed E-state index contributed by atoms with van der Waals surface area (Å²) in [5, 5.41) is 6.33. The van der Waals surface area contributed by atoms with Crippen molar-refractivity contribution in [2.45, 2.75) is 58.8 Å². The summed E-state index contributed by atoms with van der Waals surface area (Å²) in [4.78, 5) is 28.8. The Kier molecular flexibility index (Phi) is 7.60. The Morgan fingerprint density at radius 1 is 1.16 bits per heavy atom. The van der Waals surface area contributed by atoms with Gasteiger partial charge in [-0.2, -0.15) is 0 Å². The monoisotopic (exact) mass is 453 g/mol. The molecule has 4 rings (SSSR count). The largest absolute Gasteiger partial charge is 0.351 e. The van der Waals surface area contributed by atoms with Gasteiger partial charge >= 0.3 is 0 Å².